The Morgan fingerprint density at radius 1 is 1.09 bits per heavy atom. The fourth-order valence-corrected chi connectivity index (χ4v) is 3.21. The Balaban J connectivity index is 1.79. The van der Waals surface area contributed by atoms with Gasteiger partial charge in [0.15, 0.2) is 0 Å². The minimum Gasteiger partial charge on any atom is -0.352 e. The van der Waals surface area contributed by atoms with Crippen molar-refractivity contribution in [3.05, 3.63) is 58.3 Å². The summed E-state index contributed by atoms with van der Waals surface area (Å²) in [6, 6.07) is 13.0. The molecule has 2 rings (SSSR count). The summed E-state index contributed by atoms with van der Waals surface area (Å²) < 4.78 is 0. The average Bonchev–Trinajstić information content (AvgIpc) is 3.07. The molecule has 0 fully saturated rings. The number of carbonyl (C=O) groups is 2. The molecule has 1 aromatic carbocycles. The number of nitrogens with one attached hydrogen (secondary N) is 2. The van der Waals surface area contributed by atoms with Crippen LogP contribution in [0.3, 0.4) is 0 Å². The van der Waals surface area contributed by atoms with E-state index in [2.05, 4.69) is 24.5 Å². The smallest absolute Gasteiger partial charge is 0.251 e. The molecule has 1 heterocycles. The summed E-state index contributed by atoms with van der Waals surface area (Å²) in [6.45, 7) is 4.50. The van der Waals surface area contributed by atoms with Crippen LogP contribution in [0.4, 0.5) is 0 Å². The van der Waals surface area contributed by atoms with Crippen molar-refractivity contribution in [3.8, 4) is 0 Å². The standard InChI is InChI=1S/C18H22N2O2S/c1-13(2)17(15-9-6-12-23-15)20-16(21)10-11-19-18(22)14-7-4-3-5-8-14/h3-9,12-13,17H,10-11H2,1-2H3,(H,19,22)(H,20,21). The first-order valence-electron chi connectivity index (χ1n) is 7.74. The third-order valence-electron chi connectivity index (χ3n) is 3.51. The highest BCUT2D eigenvalue weighted by molar-refractivity contribution is 7.10. The molecule has 0 spiro atoms. The second kappa shape index (κ2) is 8.48. The fraction of sp³-hybridized carbons (Fsp3) is 0.333. The zero-order chi connectivity index (χ0) is 16.7. The molecule has 0 aliphatic heterocycles. The summed E-state index contributed by atoms with van der Waals surface area (Å²) in [5.74, 6) is 0.110. The van der Waals surface area contributed by atoms with Gasteiger partial charge in [0.2, 0.25) is 5.91 Å². The van der Waals surface area contributed by atoms with Gasteiger partial charge in [-0.15, -0.1) is 11.3 Å². The van der Waals surface area contributed by atoms with Crippen LogP contribution in [0.25, 0.3) is 0 Å². The molecule has 1 aromatic heterocycles. The Morgan fingerprint density at radius 3 is 2.43 bits per heavy atom. The van der Waals surface area contributed by atoms with Crippen LogP contribution in [0.2, 0.25) is 0 Å². The first kappa shape index (κ1) is 17.2. The van der Waals surface area contributed by atoms with Gasteiger partial charge >= 0.3 is 0 Å². The molecule has 0 saturated carbocycles. The molecule has 2 N–H and O–H groups in total. The van der Waals surface area contributed by atoms with E-state index in [1.807, 2.05) is 35.7 Å². The van der Waals surface area contributed by atoms with Crippen LogP contribution in [0.15, 0.2) is 47.8 Å². The zero-order valence-electron chi connectivity index (χ0n) is 13.4. The van der Waals surface area contributed by atoms with E-state index in [9.17, 15) is 9.59 Å². The van der Waals surface area contributed by atoms with Crippen LogP contribution in [-0.2, 0) is 4.79 Å². The maximum atomic E-state index is 12.1. The molecule has 1 atom stereocenters. The quantitative estimate of drug-likeness (QED) is 0.817. The molecule has 0 bridgehead atoms. The lowest BCUT2D eigenvalue weighted by Gasteiger charge is -2.21. The van der Waals surface area contributed by atoms with Crippen LogP contribution in [0, 0.1) is 5.92 Å². The Hall–Kier alpha value is -2.14. The van der Waals surface area contributed by atoms with Crippen LogP contribution < -0.4 is 10.6 Å². The van der Waals surface area contributed by atoms with Crippen molar-refractivity contribution in [3.63, 3.8) is 0 Å². The summed E-state index contributed by atoms with van der Waals surface area (Å²) in [4.78, 5) is 25.2. The van der Waals surface area contributed by atoms with Crippen LogP contribution in [0.5, 0.6) is 0 Å². The van der Waals surface area contributed by atoms with E-state index < -0.39 is 0 Å². The minimum atomic E-state index is -0.155. The number of rotatable bonds is 7. The van der Waals surface area contributed by atoms with E-state index >= 15 is 0 Å². The average molecular weight is 330 g/mol. The van der Waals surface area contributed by atoms with Gasteiger partial charge in [-0.2, -0.15) is 0 Å². The van der Waals surface area contributed by atoms with Gasteiger partial charge in [-0.05, 0) is 29.5 Å². The maximum Gasteiger partial charge on any atom is 0.251 e. The van der Waals surface area contributed by atoms with E-state index in [1.165, 1.54) is 0 Å². The first-order valence-corrected chi connectivity index (χ1v) is 8.62. The lowest BCUT2D eigenvalue weighted by molar-refractivity contribution is -0.122. The number of hydrogen-bond donors (Lipinski definition) is 2. The van der Waals surface area contributed by atoms with Crippen LogP contribution in [-0.4, -0.2) is 18.4 Å². The third kappa shape index (κ3) is 5.21. The van der Waals surface area contributed by atoms with Gasteiger partial charge in [-0.1, -0.05) is 38.1 Å². The van der Waals surface area contributed by atoms with Gasteiger partial charge in [-0.25, -0.2) is 0 Å². The molecule has 0 aliphatic rings. The number of carbonyl (C=O) groups excluding carboxylic acids is 2. The van der Waals surface area contributed by atoms with Crippen molar-refractivity contribution in [1.82, 2.24) is 10.6 Å². The summed E-state index contributed by atoms with van der Waals surface area (Å²) in [5, 5.41) is 7.83. The molecule has 2 amide bonds. The van der Waals surface area contributed by atoms with Crippen LogP contribution >= 0.6 is 11.3 Å². The second-order valence-electron chi connectivity index (χ2n) is 5.68. The lowest BCUT2D eigenvalue weighted by atomic mass is 10.0. The number of benzene rings is 1. The van der Waals surface area contributed by atoms with Gasteiger partial charge in [-0.3, -0.25) is 9.59 Å². The Labute approximate surface area is 140 Å². The topological polar surface area (TPSA) is 58.2 Å². The highest BCUT2D eigenvalue weighted by Crippen LogP contribution is 2.25. The van der Waals surface area contributed by atoms with Gasteiger partial charge in [0.1, 0.15) is 0 Å². The summed E-state index contributed by atoms with van der Waals surface area (Å²) in [6.07, 6.45) is 0.271. The molecular weight excluding hydrogens is 308 g/mol. The Bertz CT molecular complexity index is 624. The Kier molecular flexibility index (Phi) is 6.35. The molecule has 0 radical (unpaired) electrons. The SMILES string of the molecule is CC(C)C(NC(=O)CCNC(=O)c1ccccc1)c1cccs1. The highest BCUT2D eigenvalue weighted by atomic mass is 32.1. The molecule has 4 nitrogen and oxygen atoms in total. The van der Waals surface area contributed by atoms with Gasteiger partial charge in [0.25, 0.3) is 5.91 Å². The monoisotopic (exact) mass is 330 g/mol. The van der Waals surface area contributed by atoms with Crippen molar-refractivity contribution in [2.75, 3.05) is 6.54 Å². The highest BCUT2D eigenvalue weighted by Gasteiger charge is 2.19. The molecular formula is C18H22N2O2S. The zero-order valence-corrected chi connectivity index (χ0v) is 14.2. The fourth-order valence-electron chi connectivity index (χ4n) is 2.26. The van der Waals surface area contributed by atoms with Gasteiger partial charge in [0.05, 0.1) is 6.04 Å². The summed E-state index contributed by atoms with van der Waals surface area (Å²) >= 11 is 1.64. The molecule has 122 valence electrons. The molecule has 0 aliphatic carbocycles. The van der Waals surface area contributed by atoms with E-state index in [0.717, 1.165) is 4.88 Å². The first-order chi connectivity index (χ1) is 11.1. The molecule has 0 saturated heterocycles. The van der Waals surface area contributed by atoms with E-state index in [4.69, 9.17) is 0 Å². The largest absolute Gasteiger partial charge is 0.352 e. The number of amides is 2. The molecule has 1 unspecified atom stereocenters. The Morgan fingerprint density at radius 2 is 1.83 bits per heavy atom. The van der Waals surface area contributed by atoms with Crippen molar-refractivity contribution in [2.45, 2.75) is 26.3 Å². The normalized spacial score (nSPS) is 12.0. The predicted octanol–water partition coefficient (Wildman–Crippen LogP) is 3.38. The van der Waals surface area contributed by atoms with Gasteiger partial charge < -0.3 is 10.6 Å². The summed E-state index contributed by atoms with van der Waals surface area (Å²) in [7, 11) is 0. The molecule has 5 heteroatoms. The maximum absolute atomic E-state index is 12.1. The minimum absolute atomic E-state index is 0.0207. The van der Waals surface area contributed by atoms with E-state index in [0.29, 0.717) is 18.0 Å². The lowest BCUT2D eigenvalue weighted by Crippen LogP contribution is -2.34. The van der Waals surface area contributed by atoms with E-state index in [-0.39, 0.29) is 24.3 Å². The third-order valence-corrected chi connectivity index (χ3v) is 4.46. The van der Waals surface area contributed by atoms with Crippen molar-refractivity contribution < 1.29 is 9.59 Å². The van der Waals surface area contributed by atoms with Gasteiger partial charge in [0, 0.05) is 23.4 Å². The van der Waals surface area contributed by atoms with Crippen molar-refractivity contribution in [2.24, 2.45) is 5.92 Å². The molecule has 2 aromatic rings. The molecule has 23 heavy (non-hydrogen) atoms. The van der Waals surface area contributed by atoms with E-state index in [1.54, 1.807) is 23.5 Å². The predicted molar refractivity (Wildman–Crippen MR) is 93.4 cm³/mol. The number of thiophene rings is 1. The number of hydrogen-bond acceptors (Lipinski definition) is 3. The van der Waals surface area contributed by atoms with Crippen molar-refractivity contribution in [1.29, 1.82) is 0 Å². The van der Waals surface area contributed by atoms with Crippen molar-refractivity contribution >= 4 is 23.2 Å². The summed E-state index contributed by atoms with van der Waals surface area (Å²) in [5.41, 5.74) is 0.603. The second-order valence-corrected chi connectivity index (χ2v) is 6.66. The van der Waals surface area contributed by atoms with Crippen LogP contribution in [0.1, 0.15) is 41.5 Å².